The molecule has 3 rings (SSSR count). The first kappa shape index (κ1) is 11.7. The average molecular weight is 246 g/mol. The fourth-order valence-corrected chi connectivity index (χ4v) is 2.85. The molecular formula is C14H18N2O2. The summed E-state index contributed by atoms with van der Waals surface area (Å²) in [4.78, 5) is 14.1. The van der Waals surface area contributed by atoms with Gasteiger partial charge in [-0.15, -0.1) is 0 Å². The summed E-state index contributed by atoms with van der Waals surface area (Å²) < 4.78 is 5.46. The van der Waals surface area contributed by atoms with E-state index in [-0.39, 0.29) is 18.1 Å². The summed E-state index contributed by atoms with van der Waals surface area (Å²) in [5.74, 6) is 0.105. The van der Waals surface area contributed by atoms with E-state index in [0.717, 1.165) is 19.5 Å². The summed E-state index contributed by atoms with van der Waals surface area (Å²) in [6.45, 7) is 3.35. The molecule has 0 aliphatic carbocycles. The van der Waals surface area contributed by atoms with Crippen LogP contribution in [-0.2, 0) is 16.1 Å². The quantitative estimate of drug-likeness (QED) is 0.838. The Balaban J connectivity index is 1.84. The van der Waals surface area contributed by atoms with Crippen molar-refractivity contribution in [3.05, 3.63) is 35.9 Å². The van der Waals surface area contributed by atoms with E-state index in [4.69, 9.17) is 4.74 Å². The van der Waals surface area contributed by atoms with E-state index in [9.17, 15) is 4.79 Å². The van der Waals surface area contributed by atoms with Gasteiger partial charge in [0.1, 0.15) is 6.61 Å². The van der Waals surface area contributed by atoms with E-state index in [0.29, 0.717) is 13.2 Å². The fraction of sp³-hybridized carbons (Fsp3) is 0.500. The van der Waals surface area contributed by atoms with Crippen LogP contribution in [0.1, 0.15) is 12.0 Å². The van der Waals surface area contributed by atoms with Crippen molar-refractivity contribution in [1.29, 1.82) is 0 Å². The van der Waals surface area contributed by atoms with Gasteiger partial charge < -0.3 is 15.0 Å². The van der Waals surface area contributed by atoms with Crippen molar-refractivity contribution in [3.63, 3.8) is 0 Å². The lowest BCUT2D eigenvalue weighted by Crippen LogP contribution is -2.60. The molecule has 2 aliphatic heterocycles. The third-order valence-corrected chi connectivity index (χ3v) is 3.87. The molecule has 1 spiro atoms. The molecule has 0 aromatic heterocycles. The van der Waals surface area contributed by atoms with Crippen LogP contribution >= 0.6 is 0 Å². The minimum absolute atomic E-state index is 0.105. The van der Waals surface area contributed by atoms with Crippen LogP contribution in [0.2, 0.25) is 0 Å². The molecule has 2 fully saturated rings. The molecule has 18 heavy (non-hydrogen) atoms. The van der Waals surface area contributed by atoms with Gasteiger partial charge in [-0.1, -0.05) is 30.3 Å². The maximum atomic E-state index is 12.1. The highest BCUT2D eigenvalue weighted by Crippen LogP contribution is 2.29. The molecule has 96 valence electrons. The lowest BCUT2D eigenvalue weighted by Gasteiger charge is -2.44. The minimum Gasteiger partial charge on any atom is -0.369 e. The van der Waals surface area contributed by atoms with Gasteiger partial charge in [0.25, 0.3) is 0 Å². The van der Waals surface area contributed by atoms with E-state index in [2.05, 4.69) is 17.4 Å². The Bertz CT molecular complexity index is 427. The normalized spacial score (nSPS) is 28.0. The summed E-state index contributed by atoms with van der Waals surface area (Å²) in [5, 5.41) is 3.35. The second-order valence-corrected chi connectivity index (χ2v) is 5.11. The molecule has 1 unspecified atom stereocenters. The molecule has 0 radical (unpaired) electrons. The third kappa shape index (κ3) is 2.02. The molecule has 1 amide bonds. The number of rotatable bonds is 2. The SMILES string of the molecule is O=C1COCC2(CCNC2)N1Cc1ccccc1. The van der Waals surface area contributed by atoms with E-state index >= 15 is 0 Å². The Hall–Kier alpha value is -1.39. The number of nitrogens with zero attached hydrogens (tertiary/aromatic N) is 1. The first-order valence-electron chi connectivity index (χ1n) is 6.43. The first-order chi connectivity index (χ1) is 8.80. The Kier molecular flexibility index (Phi) is 3.06. The van der Waals surface area contributed by atoms with Crippen molar-refractivity contribution in [1.82, 2.24) is 10.2 Å². The van der Waals surface area contributed by atoms with Gasteiger partial charge in [-0.3, -0.25) is 4.79 Å². The topological polar surface area (TPSA) is 41.6 Å². The number of morpholine rings is 1. The molecule has 1 aromatic carbocycles. The zero-order valence-electron chi connectivity index (χ0n) is 10.4. The van der Waals surface area contributed by atoms with Gasteiger partial charge >= 0.3 is 0 Å². The van der Waals surface area contributed by atoms with Crippen molar-refractivity contribution >= 4 is 5.91 Å². The summed E-state index contributed by atoms with van der Waals surface area (Å²) in [6.07, 6.45) is 0.978. The molecule has 1 atom stereocenters. The second kappa shape index (κ2) is 4.71. The van der Waals surface area contributed by atoms with Crippen LogP contribution in [0.4, 0.5) is 0 Å². The third-order valence-electron chi connectivity index (χ3n) is 3.87. The molecule has 4 nitrogen and oxygen atoms in total. The molecule has 1 N–H and O–H groups in total. The van der Waals surface area contributed by atoms with Gasteiger partial charge in [0.05, 0.1) is 12.1 Å². The predicted octanol–water partition coefficient (Wildman–Crippen LogP) is 0.778. The number of benzene rings is 1. The van der Waals surface area contributed by atoms with E-state index in [1.807, 2.05) is 23.1 Å². The van der Waals surface area contributed by atoms with Crippen LogP contribution in [0.3, 0.4) is 0 Å². The van der Waals surface area contributed by atoms with Gasteiger partial charge in [0.15, 0.2) is 0 Å². The number of amides is 1. The van der Waals surface area contributed by atoms with Gasteiger partial charge in [0.2, 0.25) is 5.91 Å². The molecular weight excluding hydrogens is 228 g/mol. The van der Waals surface area contributed by atoms with Gasteiger partial charge in [-0.2, -0.15) is 0 Å². The van der Waals surface area contributed by atoms with E-state index in [1.165, 1.54) is 5.56 Å². The van der Waals surface area contributed by atoms with Crippen LogP contribution in [-0.4, -0.2) is 42.6 Å². The lowest BCUT2D eigenvalue weighted by molar-refractivity contribution is -0.157. The number of hydrogen-bond acceptors (Lipinski definition) is 3. The first-order valence-corrected chi connectivity index (χ1v) is 6.43. The number of hydrogen-bond donors (Lipinski definition) is 1. The highest BCUT2D eigenvalue weighted by molar-refractivity contribution is 5.79. The Labute approximate surface area is 107 Å². The second-order valence-electron chi connectivity index (χ2n) is 5.11. The van der Waals surface area contributed by atoms with Crippen molar-refractivity contribution in [3.8, 4) is 0 Å². The molecule has 0 saturated carbocycles. The Morgan fingerprint density at radius 2 is 2.17 bits per heavy atom. The van der Waals surface area contributed by atoms with Gasteiger partial charge in [-0.25, -0.2) is 0 Å². The zero-order chi connectivity index (χ0) is 12.4. The van der Waals surface area contributed by atoms with Gasteiger partial charge in [0, 0.05) is 13.1 Å². The van der Waals surface area contributed by atoms with Crippen LogP contribution in [0.15, 0.2) is 30.3 Å². The van der Waals surface area contributed by atoms with Crippen LogP contribution in [0, 0.1) is 0 Å². The molecule has 1 aromatic rings. The number of nitrogens with one attached hydrogen (secondary N) is 1. The summed E-state index contributed by atoms with van der Waals surface area (Å²) >= 11 is 0. The van der Waals surface area contributed by atoms with Crippen LogP contribution < -0.4 is 5.32 Å². The van der Waals surface area contributed by atoms with Crippen LogP contribution in [0.5, 0.6) is 0 Å². The largest absolute Gasteiger partial charge is 0.369 e. The maximum absolute atomic E-state index is 12.1. The lowest BCUT2D eigenvalue weighted by atomic mass is 9.94. The Morgan fingerprint density at radius 1 is 1.33 bits per heavy atom. The smallest absolute Gasteiger partial charge is 0.249 e. The average Bonchev–Trinajstić information content (AvgIpc) is 2.85. The van der Waals surface area contributed by atoms with E-state index < -0.39 is 0 Å². The fourth-order valence-electron chi connectivity index (χ4n) is 2.85. The minimum atomic E-state index is -0.134. The monoisotopic (exact) mass is 246 g/mol. The maximum Gasteiger partial charge on any atom is 0.249 e. The van der Waals surface area contributed by atoms with Crippen molar-refractivity contribution in [2.75, 3.05) is 26.3 Å². The van der Waals surface area contributed by atoms with E-state index in [1.54, 1.807) is 0 Å². The molecule has 2 saturated heterocycles. The van der Waals surface area contributed by atoms with Gasteiger partial charge in [-0.05, 0) is 18.5 Å². The van der Waals surface area contributed by atoms with Crippen molar-refractivity contribution < 1.29 is 9.53 Å². The number of ether oxygens (including phenoxy) is 1. The summed E-state index contributed by atoms with van der Waals surface area (Å²) in [5.41, 5.74) is 1.05. The van der Waals surface area contributed by atoms with Crippen molar-refractivity contribution in [2.45, 2.75) is 18.5 Å². The standard InChI is InChI=1S/C14H18N2O2/c17-13-9-18-11-14(6-7-15-10-14)16(13)8-12-4-2-1-3-5-12/h1-5,15H,6-11H2. The molecule has 4 heteroatoms. The zero-order valence-corrected chi connectivity index (χ0v) is 10.4. The summed E-state index contributed by atoms with van der Waals surface area (Å²) in [7, 11) is 0. The van der Waals surface area contributed by atoms with Crippen LogP contribution in [0.25, 0.3) is 0 Å². The molecule has 2 heterocycles. The highest BCUT2D eigenvalue weighted by atomic mass is 16.5. The Morgan fingerprint density at radius 3 is 2.89 bits per heavy atom. The molecule has 2 aliphatic rings. The highest BCUT2D eigenvalue weighted by Gasteiger charge is 2.45. The predicted molar refractivity (Wildman–Crippen MR) is 68.0 cm³/mol. The van der Waals surface area contributed by atoms with Crippen molar-refractivity contribution in [2.24, 2.45) is 0 Å². The number of carbonyl (C=O) groups is 1. The summed E-state index contributed by atoms with van der Waals surface area (Å²) in [6, 6.07) is 10.2. The molecule has 0 bridgehead atoms. The number of carbonyl (C=O) groups excluding carboxylic acids is 1.